The highest BCUT2D eigenvalue weighted by atomic mass is 35.5. The molecule has 1 saturated carbocycles. The zero-order valence-corrected chi connectivity index (χ0v) is 17.7. The molecule has 2 N–H and O–H groups in total. The first kappa shape index (κ1) is 21.1. The first-order valence-electron chi connectivity index (χ1n) is 10.4. The summed E-state index contributed by atoms with van der Waals surface area (Å²) in [6, 6.07) is 8.04. The minimum atomic E-state index is -0.378. The summed E-state index contributed by atoms with van der Waals surface area (Å²) in [6.45, 7) is 6.09. The number of carbonyl (C=O) groups excluding carboxylic acids is 2. The maximum atomic E-state index is 13.5. The van der Waals surface area contributed by atoms with Crippen LogP contribution in [0.3, 0.4) is 0 Å². The lowest BCUT2D eigenvalue weighted by atomic mass is 9.91. The number of hydrogen-bond donors (Lipinski definition) is 1. The van der Waals surface area contributed by atoms with Crippen LogP contribution < -0.4 is 5.73 Å². The summed E-state index contributed by atoms with van der Waals surface area (Å²) >= 11 is 0. The van der Waals surface area contributed by atoms with Gasteiger partial charge in [-0.05, 0) is 42.2 Å². The van der Waals surface area contributed by atoms with Crippen LogP contribution in [0.4, 0.5) is 0 Å². The molecule has 4 rings (SSSR count). The normalized spacial score (nSPS) is 29.7. The SMILES string of the molecule is CCC(C)C(=O)N1Cc2ccccc2CC1C(=O)N1CC2CCC(N)C2C1.Cl. The van der Waals surface area contributed by atoms with Gasteiger partial charge in [0.15, 0.2) is 0 Å². The van der Waals surface area contributed by atoms with Crippen molar-refractivity contribution in [2.24, 2.45) is 23.5 Å². The van der Waals surface area contributed by atoms with E-state index >= 15 is 0 Å². The van der Waals surface area contributed by atoms with Gasteiger partial charge in [-0.2, -0.15) is 0 Å². The summed E-state index contributed by atoms with van der Waals surface area (Å²) in [7, 11) is 0. The maximum Gasteiger partial charge on any atom is 0.245 e. The average molecular weight is 406 g/mol. The van der Waals surface area contributed by atoms with Crippen LogP contribution in [-0.4, -0.2) is 46.8 Å². The van der Waals surface area contributed by atoms with E-state index < -0.39 is 0 Å². The first-order chi connectivity index (χ1) is 13.0. The van der Waals surface area contributed by atoms with E-state index in [1.54, 1.807) is 0 Å². The first-order valence-corrected chi connectivity index (χ1v) is 10.4. The summed E-state index contributed by atoms with van der Waals surface area (Å²) in [5.74, 6) is 1.13. The molecule has 2 heterocycles. The van der Waals surface area contributed by atoms with Crippen LogP contribution >= 0.6 is 12.4 Å². The second-order valence-corrected chi connectivity index (χ2v) is 8.67. The van der Waals surface area contributed by atoms with Gasteiger partial charge in [-0.3, -0.25) is 9.59 Å². The molecule has 6 heteroatoms. The Morgan fingerprint density at radius 3 is 2.57 bits per heavy atom. The van der Waals surface area contributed by atoms with Crippen molar-refractivity contribution >= 4 is 24.2 Å². The molecule has 2 amide bonds. The van der Waals surface area contributed by atoms with Crippen LogP contribution in [0.5, 0.6) is 0 Å². The lowest BCUT2D eigenvalue weighted by Gasteiger charge is -2.39. The zero-order valence-electron chi connectivity index (χ0n) is 16.8. The smallest absolute Gasteiger partial charge is 0.245 e. The zero-order chi connectivity index (χ0) is 19.1. The third-order valence-corrected chi connectivity index (χ3v) is 7.07. The highest BCUT2D eigenvalue weighted by molar-refractivity contribution is 5.89. The third kappa shape index (κ3) is 3.67. The highest BCUT2D eigenvalue weighted by Crippen LogP contribution is 2.38. The van der Waals surface area contributed by atoms with Gasteiger partial charge in [0.1, 0.15) is 6.04 Å². The Morgan fingerprint density at radius 2 is 1.89 bits per heavy atom. The molecular weight excluding hydrogens is 374 g/mol. The largest absolute Gasteiger partial charge is 0.340 e. The van der Waals surface area contributed by atoms with Gasteiger partial charge in [-0.1, -0.05) is 38.1 Å². The summed E-state index contributed by atoms with van der Waals surface area (Å²) in [4.78, 5) is 30.3. The molecule has 1 aliphatic carbocycles. The molecule has 5 atom stereocenters. The Hall–Kier alpha value is -1.59. The molecule has 2 aliphatic heterocycles. The molecule has 0 bridgehead atoms. The number of hydrogen-bond acceptors (Lipinski definition) is 3. The van der Waals surface area contributed by atoms with Crippen LogP contribution in [0.15, 0.2) is 24.3 Å². The lowest BCUT2D eigenvalue weighted by Crippen LogP contribution is -2.54. The number of benzene rings is 1. The third-order valence-electron chi connectivity index (χ3n) is 7.07. The van der Waals surface area contributed by atoms with Gasteiger partial charge in [0.2, 0.25) is 11.8 Å². The van der Waals surface area contributed by atoms with E-state index in [2.05, 4.69) is 12.1 Å². The van der Waals surface area contributed by atoms with E-state index in [0.717, 1.165) is 32.4 Å². The fourth-order valence-electron chi connectivity index (χ4n) is 5.13. The predicted octanol–water partition coefficient (Wildman–Crippen LogP) is 2.60. The molecule has 154 valence electrons. The Labute approximate surface area is 174 Å². The van der Waals surface area contributed by atoms with Crippen molar-refractivity contribution in [3.63, 3.8) is 0 Å². The van der Waals surface area contributed by atoms with Gasteiger partial charge in [0, 0.05) is 38.0 Å². The molecule has 3 aliphatic rings. The summed E-state index contributed by atoms with van der Waals surface area (Å²) < 4.78 is 0. The number of nitrogens with zero attached hydrogens (tertiary/aromatic N) is 2. The standard InChI is InChI=1S/C22H31N3O2.ClH/c1-3-14(2)21(26)25-12-16-7-5-4-6-15(16)10-20(25)22(27)24-11-17-8-9-19(23)18(17)13-24;/h4-7,14,17-20H,3,8-13,23H2,1-2H3;1H. The molecule has 0 aromatic heterocycles. The van der Waals surface area contributed by atoms with Crippen LogP contribution in [0.25, 0.3) is 0 Å². The fraction of sp³-hybridized carbons (Fsp3) is 0.636. The van der Waals surface area contributed by atoms with E-state index in [1.165, 1.54) is 11.1 Å². The molecule has 1 aromatic carbocycles. The Morgan fingerprint density at radius 1 is 1.18 bits per heavy atom. The van der Waals surface area contributed by atoms with Gasteiger partial charge in [-0.15, -0.1) is 12.4 Å². The number of halogens is 1. The number of nitrogens with two attached hydrogens (primary N) is 1. The van der Waals surface area contributed by atoms with Crippen molar-refractivity contribution in [2.45, 2.75) is 58.2 Å². The molecule has 0 spiro atoms. The van der Waals surface area contributed by atoms with E-state index in [4.69, 9.17) is 5.73 Å². The Balaban J connectivity index is 0.00000225. The van der Waals surface area contributed by atoms with E-state index in [1.807, 2.05) is 35.8 Å². The minimum absolute atomic E-state index is 0. The Bertz CT molecular complexity index is 740. The van der Waals surface area contributed by atoms with Gasteiger partial charge in [0.05, 0.1) is 0 Å². The van der Waals surface area contributed by atoms with Crippen LogP contribution in [-0.2, 0) is 22.6 Å². The Kier molecular flexibility index (Phi) is 6.35. The van der Waals surface area contributed by atoms with E-state index in [-0.39, 0.29) is 42.2 Å². The van der Waals surface area contributed by atoms with Gasteiger partial charge in [0.25, 0.3) is 0 Å². The number of rotatable bonds is 3. The van der Waals surface area contributed by atoms with E-state index in [9.17, 15) is 9.59 Å². The predicted molar refractivity (Wildman–Crippen MR) is 112 cm³/mol. The lowest BCUT2D eigenvalue weighted by molar-refractivity contribution is -0.149. The molecule has 0 radical (unpaired) electrons. The van der Waals surface area contributed by atoms with Crippen molar-refractivity contribution in [3.8, 4) is 0 Å². The molecule has 1 aromatic rings. The molecule has 5 nitrogen and oxygen atoms in total. The molecule has 2 fully saturated rings. The van der Waals surface area contributed by atoms with Crippen LogP contribution in [0.2, 0.25) is 0 Å². The quantitative estimate of drug-likeness (QED) is 0.840. The fourth-order valence-corrected chi connectivity index (χ4v) is 5.13. The van der Waals surface area contributed by atoms with E-state index in [0.29, 0.717) is 24.8 Å². The minimum Gasteiger partial charge on any atom is -0.340 e. The van der Waals surface area contributed by atoms with Gasteiger partial charge in [-0.25, -0.2) is 0 Å². The van der Waals surface area contributed by atoms with Crippen molar-refractivity contribution < 1.29 is 9.59 Å². The number of likely N-dealkylation sites (tertiary alicyclic amines) is 1. The van der Waals surface area contributed by atoms with Crippen molar-refractivity contribution in [1.29, 1.82) is 0 Å². The molecule has 28 heavy (non-hydrogen) atoms. The average Bonchev–Trinajstić information content (AvgIpc) is 3.27. The number of carbonyl (C=O) groups is 2. The highest BCUT2D eigenvalue weighted by Gasteiger charge is 2.45. The van der Waals surface area contributed by atoms with Crippen LogP contribution in [0.1, 0.15) is 44.2 Å². The van der Waals surface area contributed by atoms with Crippen molar-refractivity contribution in [3.05, 3.63) is 35.4 Å². The number of fused-ring (bicyclic) bond motifs is 2. The van der Waals surface area contributed by atoms with Crippen molar-refractivity contribution in [2.75, 3.05) is 13.1 Å². The molecular formula is C22H32ClN3O2. The summed E-state index contributed by atoms with van der Waals surface area (Å²) in [5, 5.41) is 0. The summed E-state index contributed by atoms with van der Waals surface area (Å²) in [5.41, 5.74) is 8.61. The van der Waals surface area contributed by atoms with Gasteiger partial charge >= 0.3 is 0 Å². The van der Waals surface area contributed by atoms with Crippen LogP contribution in [0, 0.1) is 17.8 Å². The number of amides is 2. The topological polar surface area (TPSA) is 66.6 Å². The molecule has 1 saturated heterocycles. The summed E-state index contributed by atoms with van der Waals surface area (Å²) in [6.07, 6.45) is 3.61. The van der Waals surface area contributed by atoms with Gasteiger partial charge < -0.3 is 15.5 Å². The maximum absolute atomic E-state index is 13.5. The molecule has 5 unspecified atom stereocenters. The second-order valence-electron chi connectivity index (χ2n) is 8.67. The van der Waals surface area contributed by atoms with Crippen molar-refractivity contribution in [1.82, 2.24) is 9.80 Å². The second kappa shape index (κ2) is 8.42. The monoisotopic (exact) mass is 405 g/mol.